The van der Waals surface area contributed by atoms with E-state index in [-0.39, 0.29) is 42.1 Å². The van der Waals surface area contributed by atoms with E-state index in [9.17, 15) is 19.7 Å². The largest absolute Gasteiger partial charge is 0.490 e. The van der Waals surface area contributed by atoms with E-state index in [1.165, 1.54) is 30.2 Å². The molecule has 1 atom stereocenters. The van der Waals surface area contributed by atoms with Crippen LogP contribution in [0.1, 0.15) is 43.2 Å². The van der Waals surface area contributed by atoms with Crippen LogP contribution in [0.25, 0.3) is 0 Å². The lowest BCUT2D eigenvalue weighted by molar-refractivity contribution is -0.385. The summed E-state index contributed by atoms with van der Waals surface area (Å²) in [5.41, 5.74) is 1.37. The molecule has 2 amide bonds. The van der Waals surface area contributed by atoms with Crippen LogP contribution in [0.4, 0.5) is 5.69 Å². The molecule has 3 aromatic carbocycles. The van der Waals surface area contributed by atoms with E-state index < -0.39 is 23.5 Å². The number of amides is 2. The van der Waals surface area contributed by atoms with Gasteiger partial charge in [0.1, 0.15) is 11.8 Å². The minimum absolute atomic E-state index is 0.00595. The molecule has 0 aliphatic heterocycles. The van der Waals surface area contributed by atoms with Crippen LogP contribution in [-0.2, 0) is 22.6 Å². The second kappa shape index (κ2) is 14.9. The van der Waals surface area contributed by atoms with Gasteiger partial charge < -0.3 is 19.7 Å². The standard InChI is InChI=1S/C31H33Cl2N3O6/c1-41-29-18-24(13-15-27(29)36(39)40)42-20-30(37)35(19-22-12-14-25(32)26(33)16-22)28(17-21-8-4-2-5-9-21)31(38)34-23-10-6-3-7-11-23/h2,4-5,8-9,12-16,18,23,28H,3,6-7,10-11,17,19-20H2,1H3,(H,34,38)/t28-/m0/s1. The molecule has 0 unspecified atom stereocenters. The number of methoxy groups -OCH3 is 1. The van der Waals surface area contributed by atoms with Gasteiger partial charge in [-0.2, -0.15) is 0 Å². The fraction of sp³-hybridized carbons (Fsp3) is 0.355. The third-order valence-corrected chi connectivity index (χ3v) is 8.01. The highest BCUT2D eigenvalue weighted by molar-refractivity contribution is 6.42. The first-order chi connectivity index (χ1) is 20.2. The molecule has 0 saturated heterocycles. The van der Waals surface area contributed by atoms with Gasteiger partial charge in [-0.25, -0.2) is 0 Å². The first-order valence-electron chi connectivity index (χ1n) is 13.8. The lowest BCUT2D eigenvalue weighted by Crippen LogP contribution is -2.53. The Labute approximate surface area is 254 Å². The molecule has 1 N–H and O–H groups in total. The fourth-order valence-corrected chi connectivity index (χ4v) is 5.38. The number of carbonyl (C=O) groups is 2. The normalized spacial score (nSPS) is 14.1. The monoisotopic (exact) mass is 613 g/mol. The molecule has 4 rings (SSSR count). The van der Waals surface area contributed by atoms with Gasteiger partial charge in [-0.1, -0.05) is 78.9 Å². The summed E-state index contributed by atoms with van der Waals surface area (Å²) in [6.45, 7) is -0.331. The van der Waals surface area contributed by atoms with E-state index in [1.54, 1.807) is 18.2 Å². The molecule has 0 bridgehead atoms. The van der Waals surface area contributed by atoms with Crippen molar-refractivity contribution in [1.29, 1.82) is 0 Å². The molecular weight excluding hydrogens is 581 g/mol. The summed E-state index contributed by atoms with van der Waals surface area (Å²) < 4.78 is 10.9. The third kappa shape index (κ3) is 8.36. The second-order valence-corrected chi connectivity index (χ2v) is 11.0. The maximum Gasteiger partial charge on any atom is 0.311 e. The molecule has 1 fully saturated rings. The number of halogens is 2. The van der Waals surface area contributed by atoms with Crippen molar-refractivity contribution in [3.05, 3.63) is 98.0 Å². The van der Waals surface area contributed by atoms with E-state index >= 15 is 0 Å². The predicted octanol–water partition coefficient (Wildman–Crippen LogP) is 6.38. The zero-order chi connectivity index (χ0) is 30.1. The van der Waals surface area contributed by atoms with Gasteiger partial charge in [-0.05, 0) is 42.2 Å². The Morgan fingerprint density at radius 2 is 1.74 bits per heavy atom. The van der Waals surface area contributed by atoms with Gasteiger partial charge in [0.25, 0.3) is 5.91 Å². The van der Waals surface area contributed by atoms with Crippen molar-refractivity contribution in [3.8, 4) is 11.5 Å². The molecule has 0 radical (unpaired) electrons. The summed E-state index contributed by atoms with van der Waals surface area (Å²) in [4.78, 5) is 39.9. The first kappa shape index (κ1) is 31.1. The van der Waals surface area contributed by atoms with E-state index in [1.807, 2.05) is 30.3 Å². The number of nitro groups is 1. The Bertz CT molecular complexity index is 1400. The number of hydrogen-bond acceptors (Lipinski definition) is 6. The Hall–Kier alpha value is -3.82. The van der Waals surface area contributed by atoms with Crippen molar-refractivity contribution in [1.82, 2.24) is 10.2 Å². The van der Waals surface area contributed by atoms with Crippen molar-refractivity contribution >= 4 is 40.7 Å². The van der Waals surface area contributed by atoms with Crippen LogP contribution in [0, 0.1) is 10.1 Å². The van der Waals surface area contributed by atoms with Gasteiger partial charge in [-0.15, -0.1) is 0 Å². The summed E-state index contributed by atoms with van der Waals surface area (Å²) in [5.74, 6) is -0.465. The number of hydrogen-bond donors (Lipinski definition) is 1. The van der Waals surface area contributed by atoms with Crippen LogP contribution in [0.2, 0.25) is 10.0 Å². The average molecular weight is 615 g/mol. The summed E-state index contributed by atoms with van der Waals surface area (Å²) in [7, 11) is 1.31. The zero-order valence-electron chi connectivity index (χ0n) is 23.3. The highest BCUT2D eigenvalue weighted by Crippen LogP contribution is 2.31. The number of nitrogens with zero attached hydrogens (tertiary/aromatic N) is 2. The van der Waals surface area contributed by atoms with E-state index in [0.29, 0.717) is 15.6 Å². The smallest absolute Gasteiger partial charge is 0.311 e. The number of nitro benzene ring substituents is 1. The Kier molecular flexibility index (Phi) is 11.0. The Morgan fingerprint density at radius 3 is 2.40 bits per heavy atom. The molecule has 0 spiro atoms. The number of rotatable bonds is 12. The Balaban J connectivity index is 1.63. The molecular formula is C31H33Cl2N3O6. The minimum Gasteiger partial charge on any atom is -0.490 e. The average Bonchev–Trinajstić information content (AvgIpc) is 3.00. The summed E-state index contributed by atoms with van der Waals surface area (Å²) in [6.07, 6.45) is 5.33. The maximum atomic E-state index is 13.9. The van der Waals surface area contributed by atoms with Crippen molar-refractivity contribution in [3.63, 3.8) is 0 Å². The minimum atomic E-state index is -0.841. The zero-order valence-corrected chi connectivity index (χ0v) is 24.8. The van der Waals surface area contributed by atoms with Gasteiger partial charge >= 0.3 is 5.69 Å². The third-order valence-electron chi connectivity index (χ3n) is 7.27. The van der Waals surface area contributed by atoms with Crippen LogP contribution in [0.5, 0.6) is 11.5 Å². The number of ether oxygens (including phenoxy) is 2. The highest BCUT2D eigenvalue weighted by atomic mass is 35.5. The predicted molar refractivity (Wildman–Crippen MR) is 161 cm³/mol. The van der Waals surface area contributed by atoms with Gasteiger partial charge in [-0.3, -0.25) is 19.7 Å². The van der Waals surface area contributed by atoms with Gasteiger partial charge in [0.2, 0.25) is 11.7 Å². The van der Waals surface area contributed by atoms with Crippen LogP contribution in [-0.4, -0.2) is 47.4 Å². The first-order valence-corrected chi connectivity index (χ1v) is 14.5. The van der Waals surface area contributed by atoms with Crippen LogP contribution >= 0.6 is 23.2 Å². The lowest BCUT2D eigenvalue weighted by atomic mass is 9.94. The summed E-state index contributed by atoms with van der Waals surface area (Å²) >= 11 is 12.4. The molecule has 0 aromatic heterocycles. The van der Waals surface area contributed by atoms with Crippen molar-refractivity contribution < 1.29 is 24.0 Å². The molecule has 1 aliphatic carbocycles. The van der Waals surface area contributed by atoms with Crippen LogP contribution in [0.3, 0.4) is 0 Å². The summed E-state index contributed by atoms with van der Waals surface area (Å²) in [5, 5.41) is 15.2. The van der Waals surface area contributed by atoms with Crippen LogP contribution < -0.4 is 14.8 Å². The van der Waals surface area contributed by atoms with Crippen molar-refractivity contribution in [2.24, 2.45) is 0 Å². The maximum absolute atomic E-state index is 13.9. The van der Waals surface area contributed by atoms with Crippen LogP contribution in [0.15, 0.2) is 66.7 Å². The van der Waals surface area contributed by atoms with Crippen molar-refractivity contribution in [2.75, 3.05) is 13.7 Å². The number of benzene rings is 3. The molecule has 11 heteroatoms. The molecule has 3 aromatic rings. The Morgan fingerprint density at radius 1 is 1.00 bits per heavy atom. The topological polar surface area (TPSA) is 111 Å². The lowest BCUT2D eigenvalue weighted by Gasteiger charge is -2.33. The van der Waals surface area contributed by atoms with Crippen molar-refractivity contribution in [2.45, 2.75) is 57.2 Å². The number of carbonyl (C=O) groups excluding carboxylic acids is 2. The quantitative estimate of drug-likeness (QED) is 0.187. The van der Waals surface area contributed by atoms with E-state index in [4.69, 9.17) is 32.7 Å². The molecule has 1 aliphatic rings. The van der Waals surface area contributed by atoms with Gasteiger partial charge in [0, 0.05) is 31.1 Å². The molecule has 9 nitrogen and oxygen atoms in total. The van der Waals surface area contributed by atoms with Gasteiger partial charge in [0.15, 0.2) is 6.61 Å². The summed E-state index contributed by atoms with van der Waals surface area (Å²) in [6, 6.07) is 17.8. The highest BCUT2D eigenvalue weighted by Gasteiger charge is 2.32. The SMILES string of the molecule is COc1cc(OCC(=O)N(Cc2ccc(Cl)c(Cl)c2)[C@@H](Cc2ccccc2)C(=O)NC2CCCCC2)ccc1[N+](=O)[O-]. The molecule has 222 valence electrons. The van der Waals surface area contributed by atoms with E-state index in [2.05, 4.69) is 5.32 Å². The fourth-order valence-electron chi connectivity index (χ4n) is 5.06. The second-order valence-electron chi connectivity index (χ2n) is 10.2. The van der Waals surface area contributed by atoms with Gasteiger partial charge in [0.05, 0.1) is 22.1 Å². The number of nitrogens with one attached hydrogen (secondary N) is 1. The molecule has 1 saturated carbocycles. The van der Waals surface area contributed by atoms with E-state index in [0.717, 1.165) is 37.7 Å². The molecule has 42 heavy (non-hydrogen) atoms. The molecule has 0 heterocycles.